The van der Waals surface area contributed by atoms with Crippen LogP contribution in [0.1, 0.15) is 12.0 Å². The monoisotopic (exact) mass is 298 g/mol. The van der Waals surface area contributed by atoms with Crippen molar-refractivity contribution in [2.24, 2.45) is 0 Å². The van der Waals surface area contributed by atoms with Gasteiger partial charge in [-0.1, -0.05) is 17.7 Å². The van der Waals surface area contributed by atoms with Gasteiger partial charge in [-0.25, -0.2) is 0 Å². The Hall–Kier alpha value is -0.810. The predicted molar refractivity (Wildman–Crippen MR) is 81.6 cm³/mol. The van der Waals surface area contributed by atoms with Crippen LogP contribution in [0.4, 0.5) is 0 Å². The first-order valence-electron chi connectivity index (χ1n) is 7.13. The van der Waals surface area contributed by atoms with Crippen molar-refractivity contribution in [2.75, 3.05) is 46.5 Å². The fraction of sp³-hybridized carbons (Fsp3) is 0.600. The highest BCUT2D eigenvalue weighted by molar-refractivity contribution is 6.31. The second kappa shape index (κ2) is 8.47. The van der Waals surface area contributed by atoms with E-state index in [1.165, 1.54) is 0 Å². The molecule has 4 nitrogen and oxygen atoms in total. The van der Waals surface area contributed by atoms with E-state index in [2.05, 4.69) is 10.2 Å². The molecule has 1 aliphatic heterocycles. The number of hydrogen-bond acceptors (Lipinski definition) is 4. The number of ether oxygens (including phenoxy) is 2. The summed E-state index contributed by atoms with van der Waals surface area (Å²) in [7, 11) is 1.67. The zero-order valence-corrected chi connectivity index (χ0v) is 12.8. The van der Waals surface area contributed by atoms with Gasteiger partial charge in [0.05, 0.1) is 20.3 Å². The third-order valence-corrected chi connectivity index (χ3v) is 3.88. The van der Waals surface area contributed by atoms with E-state index in [0.717, 1.165) is 68.7 Å². The number of nitrogens with zero attached hydrogens (tertiary/aromatic N) is 1. The van der Waals surface area contributed by atoms with Crippen LogP contribution in [0, 0.1) is 0 Å². The fourth-order valence-electron chi connectivity index (χ4n) is 2.37. The number of benzene rings is 1. The molecule has 1 N–H and O–H groups in total. The maximum Gasteiger partial charge on any atom is 0.124 e. The molecule has 1 aromatic rings. The first-order chi connectivity index (χ1) is 9.81. The molecule has 5 heteroatoms. The quantitative estimate of drug-likeness (QED) is 0.782. The van der Waals surface area contributed by atoms with Crippen LogP contribution in [-0.4, -0.2) is 51.4 Å². The van der Waals surface area contributed by atoms with Crippen molar-refractivity contribution < 1.29 is 9.47 Å². The molecule has 0 amide bonds. The van der Waals surface area contributed by atoms with E-state index in [0.29, 0.717) is 0 Å². The lowest BCUT2D eigenvalue weighted by molar-refractivity contribution is 0.0374. The third-order valence-electron chi connectivity index (χ3n) is 3.53. The number of morpholine rings is 1. The molecule has 112 valence electrons. The van der Waals surface area contributed by atoms with E-state index in [4.69, 9.17) is 21.1 Å². The Kier molecular flexibility index (Phi) is 6.60. The maximum absolute atomic E-state index is 6.20. The molecule has 1 heterocycles. The highest BCUT2D eigenvalue weighted by Gasteiger charge is 2.10. The van der Waals surface area contributed by atoms with E-state index < -0.39 is 0 Å². The van der Waals surface area contributed by atoms with Crippen molar-refractivity contribution in [3.63, 3.8) is 0 Å². The Morgan fingerprint density at radius 2 is 2.15 bits per heavy atom. The number of methoxy groups -OCH3 is 1. The minimum absolute atomic E-state index is 0.742. The molecular formula is C15H23ClN2O2. The Balaban J connectivity index is 1.68. The average Bonchev–Trinajstić information content (AvgIpc) is 2.49. The van der Waals surface area contributed by atoms with E-state index in [1.807, 2.05) is 18.2 Å². The first kappa shape index (κ1) is 15.6. The van der Waals surface area contributed by atoms with Gasteiger partial charge in [-0.3, -0.25) is 4.90 Å². The van der Waals surface area contributed by atoms with Crippen molar-refractivity contribution in [3.05, 3.63) is 28.8 Å². The van der Waals surface area contributed by atoms with Gasteiger partial charge in [0.15, 0.2) is 0 Å². The van der Waals surface area contributed by atoms with E-state index in [9.17, 15) is 0 Å². The Morgan fingerprint density at radius 3 is 2.90 bits per heavy atom. The summed E-state index contributed by atoms with van der Waals surface area (Å²) in [6, 6.07) is 5.74. The van der Waals surface area contributed by atoms with Gasteiger partial charge < -0.3 is 14.8 Å². The topological polar surface area (TPSA) is 33.7 Å². The molecule has 1 saturated heterocycles. The normalized spacial score (nSPS) is 16.3. The van der Waals surface area contributed by atoms with Crippen LogP contribution < -0.4 is 10.1 Å². The molecule has 1 fully saturated rings. The van der Waals surface area contributed by atoms with Gasteiger partial charge >= 0.3 is 0 Å². The second-order valence-corrected chi connectivity index (χ2v) is 5.31. The summed E-state index contributed by atoms with van der Waals surface area (Å²) in [5.74, 6) is 0.846. The second-order valence-electron chi connectivity index (χ2n) is 4.90. The zero-order chi connectivity index (χ0) is 14.2. The minimum Gasteiger partial charge on any atom is -0.496 e. The lowest BCUT2D eigenvalue weighted by atomic mass is 10.2. The molecule has 20 heavy (non-hydrogen) atoms. The van der Waals surface area contributed by atoms with Crippen molar-refractivity contribution in [1.82, 2.24) is 10.2 Å². The van der Waals surface area contributed by atoms with Crippen LogP contribution >= 0.6 is 11.6 Å². The third kappa shape index (κ3) is 4.63. The maximum atomic E-state index is 6.20. The van der Waals surface area contributed by atoms with Crippen molar-refractivity contribution in [2.45, 2.75) is 13.0 Å². The summed E-state index contributed by atoms with van der Waals surface area (Å²) >= 11 is 6.20. The van der Waals surface area contributed by atoms with Gasteiger partial charge in [0.1, 0.15) is 5.75 Å². The number of hydrogen-bond donors (Lipinski definition) is 1. The Morgan fingerprint density at radius 1 is 1.35 bits per heavy atom. The number of rotatable bonds is 7. The van der Waals surface area contributed by atoms with Gasteiger partial charge in [0.2, 0.25) is 0 Å². The molecule has 0 atom stereocenters. The van der Waals surface area contributed by atoms with Gasteiger partial charge in [0, 0.05) is 30.2 Å². The molecule has 0 saturated carbocycles. The summed E-state index contributed by atoms with van der Waals surface area (Å²) in [5.41, 5.74) is 1.03. The van der Waals surface area contributed by atoms with Crippen LogP contribution in [0.15, 0.2) is 18.2 Å². The Labute approximate surface area is 126 Å². The Bertz CT molecular complexity index is 409. The van der Waals surface area contributed by atoms with Crippen molar-refractivity contribution >= 4 is 11.6 Å². The average molecular weight is 299 g/mol. The molecule has 1 aromatic carbocycles. The lowest BCUT2D eigenvalue weighted by Gasteiger charge is -2.26. The first-order valence-corrected chi connectivity index (χ1v) is 7.51. The molecular weight excluding hydrogens is 276 g/mol. The van der Waals surface area contributed by atoms with Gasteiger partial charge in [-0.2, -0.15) is 0 Å². The number of halogens is 1. The molecule has 0 aliphatic carbocycles. The summed E-state index contributed by atoms with van der Waals surface area (Å²) in [5, 5.41) is 4.19. The van der Waals surface area contributed by atoms with E-state index >= 15 is 0 Å². The van der Waals surface area contributed by atoms with Gasteiger partial charge in [0.25, 0.3) is 0 Å². The molecule has 2 rings (SSSR count). The van der Waals surface area contributed by atoms with E-state index in [1.54, 1.807) is 7.11 Å². The van der Waals surface area contributed by atoms with Crippen molar-refractivity contribution in [1.29, 1.82) is 0 Å². The summed E-state index contributed by atoms with van der Waals surface area (Å²) < 4.78 is 10.7. The number of nitrogens with one attached hydrogen (secondary N) is 1. The van der Waals surface area contributed by atoms with Gasteiger partial charge in [-0.05, 0) is 31.6 Å². The summed E-state index contributed by atoms with van der Waals surface area (Å²) in [6.07, 6.45) is 1.13. The van der Waals surface area contributed by atoms with Crippen molar-refractivity contribution in [3.8, 4) is 5.75 Å². The highest BCUT2D eigenvalue weighted by Crippen LogP contribution is 2.25. The van der Waals surface area contributed by atoms with Gasteiger partial charge in [-0.15, -0.1) is 0 Å². The van der Waals surface area contributed by atoms with Crippen LogP contribution in [0.2, 0.25) is 5.02 Å². The summed E-state index contributed by atoms with van der Waals surface area (Å²) in [4.78, 5) is 2.45. The van der Waals surface area contributed by atoms with Crippen LogP contribution in [0.5, 0.6) is 5.75 Å². The smallest absolute Gasteiger partial charge is 0.124 e. The predicted octanol–water partition coefficient (Wildman–Crippen LogP) is 2.16. The summed E-state index contributed by atoms with van der Waals surface area (Å²) in [6.45, 7) is 6.68. The standard InChI is InChI=1S/C15H23ClN2O2/c1-19-15-5-2-4-14(16)13(15)12-17-6-3-7-18-8-10-20-11-9-18/h2,4-5,17H,3,6-12H2,1H3. The molecule has 0 radical (unpaired) electrons. The largest absolute Gasteiger partial charge is 0.496 e. The molecule has 0 aromatic heterocycles. The van der Waals surface area contributed by atoms with Crippen LogP contribution in [-0.2, 0) is 11.3 Å². The van der Waals surface area contributed by atoms with Crippen LogP contribution in [0.25, 0.3) is 0 Å². The minimum atomic E-state index is 0.742. The molecule has 0 spiro atoms. The SMILES string of the molecule is COc1cccc(Cl)c1CNCCCN1CCOCC1. The molecule has 1 aliphatic rings. The van der Waals surface area contributed by atoms with Crippen LogP contribution in [0.3, 0.4) is 0 Å². The zero-order valence-electron chi connectivity index (χ0n) is 12.0. The lowest BCUT2D eigenvalue weighted by Crippen LogP contribution is -2.37. The molecule has 0 unspecified atom stereocenters. The fourth-order valence-corrected chi connectivity index (χ4v) is 2.60. The van der Waals surface area contributed by atoms with E-state index in [-0.39, 0.29) is 0 Å². The molecule has 0 bridgehead atoms. The highest BCUT2D eigenvalue weighted by atomic mass is 35.5.